The maximum Gasteiger partial charge on any atom is 0.254 e. The van der Waals surface area contributed by atoms with Crippen molar-refractivity contribution in [2.45, 2.75) is 12.6 Å². The van der Waals surface area contributed by atoms with Crippen LogP contribution in [0.25, 0.3) is 11.3 Å². The van der Waals surface area contributed by atoms with Crippen molar-refractivity contribution in [3.63, 3.8) is 0 Å². The first kappa shape index (κ1) is 17.7. The highest BCUT2D eigenvalue weighted by molar-refractivity contribution is 6.33. The Hall–Kier alpha value is -2.70. The number of aryl methyl sites for hydroxylation is 1. The van der Waals surface area contributed by atoms with E-state index in [0.717, 1.165) is 16.8 Å². The average Bonchev–Trinajstić information content (AvgIpc) is 3.14. The minimum atomic E-state index is -0.454. The lowest BCUT2D eigenvalue weighted by atomic mass is 10.0. The van der Waals surface area contributed by atoms with Gasteiger partial charge in [0, 0.05) is 37.3 Å². The number of aromatic nitrogens is 2. The number of fused-ring (bicyclic) bond motifs is 1. The second kappa shape index (κ2) is 6.79. The van der Waals surface area contributed by atoms with Gasteiger partial charge < -0.3 is 10.6 Å². The summed E-state index contributed by atoms with van der Waals surface area (Å²) in [5, 5.41) is 4.72. The number of hydrogen-bond acceptors (Lipinski definition) is 3. The third-order valence-corrected chi connectivity index (χ3v) is 5.12. The van der Waals surface area contributed by atoms with Gasteiger partial charge in [0.1, 0.15) is 5.82 Å². The standard InChI is InChI=1S/C20H18ClFN4O/c1-25-19(17(21)9-24-25)13-5-6-16-14(7-13)10-26(20(16)27)11-18(23)12-3-2-4-15(22)8-12/h2-9,18H,10-11,23H2,1H3. The number of benzene rings is 2. The van der Waals surface area contributed by atoms with Gasteiger partial charge in [0.15, 0.2) is 0 Å². The molecule has 27 heavy (non-hydrogen) atoms. The number of carbonyl (C=O) groups is 1. The summed E-state index contributed by atoms with van der Waals surface area (Å²) in [6.45, 7) is 0.777. The van der Waals surface area contributed by atoms with Crippen LogP contribution in [0, 0.1) is 5.82 Å². The molecule has 0 fully saturated rings. The smallest absolute Gasteiger partial charge is 0.254 e. The first-order chi connectivity index (χ1) is 12.9. The Balaban J connectivity index is 1.57. The second-order valence-electron chi connectivity index (χ2n) is 6.68. The Morgan fingerprint density at radius 3 is 2.81 bits per heavy atom. The summed E-state index contributed by atoms with van der Waals surface area (Å²) in [4.78, 5) is 14.4. The van der Waals surface area contributed by atoms with E-state index in [0.29, 0.717) is 29.2 Å². The fourth-order valence-electron chi connectivity index (χ4n) is 3.49. The van der Waals surface area contributed by atoms with Crippen molar-refractivity contribution in [1.29, 1.82) is 0 Å². The molecule has 0 spiro atoms. The number of hydrogen-bond donors (Lipinski definition) is 1. The first-order valence-corrected chi connectivity index (χ1v) is 8.93. The van der Waals surface area contributed by atoms with Gasteiger partial charge >= 0.3 is 0 Å². The molecule has 1 aliphatic heterocycles. The Morgan fingerprint density at radius 2 is 2.11 bits per heavy atom. The fourth-order valence-corrected chi connectivity index (χ4v) is 3.77. The van der Waals surface area contributed by atoms with E-state index in [1.165, 1.54) is 12.1 Å². The van der Waals surface area contributed by atoms with E-state index in [4.69, 9.17) is 17.3 Å². The number of rotatable bonds is 4. The molecule has 2 aromatic carbocycles. The quantitative estimate of drug-likeness (QED) is 0.748. The van der Waals surface area contributed by atoms with Crippen molar-refractivity contribution in [2.24, 2.45) is 12.8 Å². The van der Waals surface area contributed by atoms with Crippen LogP contribution in [-0.2, 0) is 13.6 Å². The van der Waals surface area contributed by atoms with E-state index >= 15 is 0 Å². The molecule has 1 amide bonds. The molecule has 0 aliphatic carbocycles. The van der Waals surface area contributed by atoms with Gasteiger partial charge in [-0.1, -0.05) is 29.8 Å². The molecule has 2 heterocycles. The van der Waals surface area contributed by atoms with Gasteiger partial charge in [-0.25, -0.2) is 4.39 Å². The molecule has 4 rings (SSSR count). The van der Waals surface area contributed by atoms with Gasteiger partial charge in [-0.15, -0.1) is 0 Å². The van der Waals surface area contributed by atoms with Crippen molar-refractivity contribution in [3.05, 3.63) is 76.2 Å². The highest BCUT2D eigenvalue weighted by Gasteiger charge is 2.29. The molecule has 3 aromatic rings. The molecule has 7 heteroatoms. The predicted molar refractivity (Wildman–Crippen MR) is 102 cm³/mol. The molecule has 0 bridgehead atoms. The van der Waals surface area contributed by atoms with Crippen molar-refractivity contribution >= 4 is 17.5 Å². The minimum absolute atomic E-state index is 0.0699. The van der Waals surface area contributed by atoms with Crippen LogP contribution in [0.2, 0.25) is 5.02 Å². The Morgan fingerprint density at radius 1 is 1.30 bits per heavy atom. The minimum Gasteiger partial charge on any atom is -0.332 e. The van der Waals surface area contributed by atoms with Gasteiger partial charge in [-0.05, 0) is 35.4 Å². The van der Waals surface area contributed by atoms with Crippen LogP contribution in [0.15, 0.2) is 48.7 Å². The zero-order valence-electron chi connectivity index (χ0n) is 14.7. The molecule has 0 radical (unpaired) electrons. The van der Waals surface area contributed by atoms with Crippen molar-refractivity contribution in [2.75, 3.05) is 6.54 Å². The van der Waals surface area contributed by atoms with E-state index in [1.54, 1.807) is 27.9 Å². The Kier molecular flexibility index (Phi) is 4.45. The lowest BCUT2D eigenvalue weighted by Crippen LogP contribution is -2.32. The van der Waals surface area contributed by atoms with Gasteiger partial charge in [-0.3, -0.25) is 9.48 Å². The topological polar surface area (TPSA) is 64.2 Å². The summed E-state index contributed by atoms with van der Waals surface area (Å²) in [6.07, 6.45) is 1.60. The van der Waals surface area contributed by atoms with Crippen LogP contribution in [0.5, 0.6) is 0 Å². The first-order valence-electron chi connectivity index (χ1n) is 8.55. The van der Waals surface area contributed by atoms with Crippen molar-refractivity contribution < 1.29 is 9.18 Å². The molecule has 138 valence electrons. The summed E-state index contributed by atoms with van der Waals surface area (Å²) < 4.78 is 15.1. The van der Waals surface area contributed by atoms with E-state index in [2.05, 4.69) is 5.10 Å². The molecule has 0 saturated heterocycles. The fraction of sp³-hybridized carbons (Fsp3) is 0.200. The predicted octanol–water partition coefficient (Wildman–Crippen LogP) is 3.54. The van der Waals surface area contributed by atoms with Crippen molar-refractivity contribution in [1.82, 2.24) is 14.7 Å². The SMILES string of the molecule is Cn1ncc(Cl)c1-c1ccc2c(c1)CN(CC(N)c1cccc(F)c1)C2=O. The summed E-state index contributed by atoms with van der Waals surface area (Å²) in [5.41, 5.74) is 10.2. The largest absolute Gasteiger partial charge is 0.332 e. The lowest BCUT2D eigenvalue weighted by molar-refractivity contribution is 0.0768. The number of halogens is 2. The van der Waals surface area contributed by atoms with Gasteiger partial charge in [0.2, 0.25) is 0 Å². The molecular weight excluding hydrogens is 367 g/mol. The summed E-state index contributed by atoms with van der Waals surface area (Å²) >= 11 is 6.23. The number of nitrogens with zero attached hydrogens (tertiary/aromatic N) is 3. The molecule has 5 nitrogen and oxygen atoms in total. The molecule has 1 aliphatic rings. The highest BCUT2D eigenvalue weighted by atomic mass is 35.5. The van der Waals surface area contributed by atoms with Crippen LogP contribution >= 0.6 is 11.6 Å². The van der Waals surface area contributed by atoms with Crippen LogP contribution in [-0.4, -0.2) is 27.1 Å². The monoisotopic (exact) mass is 384 g/mol. The van der Waals surface area contributed by atoms with E-state index < -0.39 is 6.04 Å². The third kappa shape index (κ3) is 3.22. The maximum atomic E-state index is 13.4. The number of nitrogens with two attached hydrogens (primary N) is 1. The highest BCUT2D eigenvalue weighted by Crippen LogP contribution is 2.32. The summed E-state index contributed by atoms with van der Waals surface area (Å²) in [7, 11) is 1.82. The van der Waals surface area contributed by atoms with Crippen LogP contribution < -0.4 is 5.73 Å². The Labute approximate surface area is 161 Å². The van der Waals surface area contributed by atoms with Gasteiger partial charge in [0.25, 0.3) is 5.91 Å². The van der Waals surface area contributed by atoms with Crippen molar-refractivity contribution in [3.8, 4) is 11.3 Å². The maximum absolute atomic E-state index is 13.4. The zero-order valence-corrected chi connectivity index (χ0v) is 15.4. The van der Waals surface area contributed by atoms with Gasteiger partial charge in [-0.2, -0.15) is 5.10 Å². The molecular formula is C20H18ClFN4O. The van der Waals surface area contributed by atoms with E-state index in [9.17, 15) is 9.18 Å². The normalized spacial score (nSPS) is 14.5. The molecule has 0 saturated carbocycles. The van der Waals surface area contributed by atoms with E-state index in [-0.39, 0.29) is 11.7 Å². The third-order valence-electron chi connectivity index (χ3n) is 4.85. The molecule has 1 aromatic heterocycles. The molecule has 1 unspecified atom stereocenters. The number of amides is 1. The lowest BCUT2D eigenvalue weighted by Gasteiger charge is -2.21. The average molecular weight is 385 g/mol. The van der Waals surface area contributed by atoms with Crippen LogP contribution in [0.1, 0.15) is 27.5 Å². The number of carbonyl (C=O) groups excluding carboxylic acids is 1. The van der Waals surface area contributed by atoms with Crippen LogP contribution in [0.3, 0.4) is 0 Å². The molecule has 1 atom stereocenters. The van der Waals surface area contributed by atoms with Crippen LogP contribution in [0.4, 0.5) is 4.39 Å². The van der Waals surface area contributed by atoms with Gasteiger partial charge in [0.05, 0.1) is 16.9 Å². The van der Waals surface area contributed by atoms with E-state index in [1.807, 2.05) is 25.2 Å². The summed E-state index contributed by atoms with van der Waals surface area (Å²) in [5.74, 6) is -0.406. The molecule has 2 N–H and O–H groups in total. The zero-order chi connectivity index (χ0) is 19.1. The Bertz CT molecular complexity index is 1010. The second-order valence-corrected chi connectivity index (χ2v) is 7.09. The summed E-state index contributed by atoms with van der Waals surface area (Å²) in [6, 6.07) is 11.4.